The number of hydrogen-bond donors (Lipinski definition) is 7. The van der Waals surface area contributed by atoms with Crippen LogP contribution in [0.3, 0.4) is 0 Å². The summed E-state index contributed by atoms with van der Waals surface area (Å²) >= 11 is 0. The van der Waals surface area contributed by atoms with E-state index in [1.165, 1.54) is 6.92 Å². The van der Waals surface area contributed by atoms with E-state index >= 15 is 0 Å². The van der Waals surface area contributed by atoms with Crippen LogP contribution in [0.4, 0.5) is 0 Å². The van der Waals surface area contributed by atoms with E-state index in [2.05, 4.69) is 5.32 Å². The lowest BCUT2D eigenvalue weighted by Crippen LogP contribution is -2.52. The van der Waals surface area contributed by atoms with E-state index in [0.717, 1.165) is 0 Å². The molecule has 1 amide bonds. The van der Waals surface area contributed by atoms with Gasteiger partial charge in [-0.25, -0.2) is 0 Å². The maximum atomic E-state index is 11.2. The smallest absolute Gasteiger partial charge is 0.251 e. The summed E-state index contributed by atoms with van der Waals surface area (Å²) in [5.74, 6) is -0.998. The summed E-state index contributed by atoms with van der Waals surface area (Å²) in [5, 5.41) is 56.4. The minimum absolute atomic E-state index is 0.124. The summed E-state index contributed by atoms with van der Waals surface area (Å²) in [6, 6.07) is 0. The predicted molar refractivity (Wildman–Crippen MR) is 55.8 cm³/mol. The molecule has 0 rings (SSSR count). The van der Waals surface area contributed by atoms with Crippen LogP contribution in [0.5, 0.6) is 0 Å². The summed E-state index contributed by atoms with van der Waals surface area (Å²) in [4.78, 5) is 11.2. The molecule has 5 atom stereocenters. The number of amides is 1. The van der Waals surface area contributed by atoms with Crippen LogP contribution in [0.2, 0.25) is 0 Å². The molecule has 0 aliphatic carbocycles. The van der Waals surface area contributed by atoms with Crippen molar-refractivity contribution in [1.82, 2.24) is 5.32 Å². The van der Waals surface area contributed by atoms with Gasteiger partial charge in [-0.15, -0.1) is 0 Å². The molecule has 7 N–H and O–H groups in total. The molecule has 0 saturated heterocycles. The Morgan fingerprint density at radius 2 is 1.65 bits per heavy atom. The fourth-order valence-electron chi connectivity index (χ4n) is 1.03. The van der Waals surface area contributed by atoms with E-state index in [1.54, 1.807) is 0 Å². The molecule has 8 nitrogen and oxygen atoms in total. The van der Waals surface area contributed by atoms with Crippen LogP contribution < -0.4 is 5.32 Å². The molecule has 102 valence electrons. The number of hydrogen-bond acceptors (Lipinski definition) is 7. The van der Waals surface area contributed by atoms with Crippen LogP contribution in [-0.4, -0.2) is 80.2 Å². The third-order valence-corrected chi connectivity index (χ3v) is 2.10. The summed E-state index contributed by atoms with van der Waals surface area (Å²) in [7, 11) is 0. The Morgan fingerprint density at radius 3 is 2.06 bits per heavy atom. The van der Waals surface area contributed by atoms with Crippen molar-refractivity contribution < 1.29 is 35.4 Å². The SMILES string of the molecule is CC(O)CNC(=O)[C@H](O)[C@@H](O)[C@H](O)[C@H](O)CO. The van der Waals surface area contributed by atoms with E-state index < -0.39 is 43.0 Å². The highest BCUT2D eigenvalue weighted by molar-refractivity contribution is 5.81. The van der Waals surface area contributed by atoms with Crippen molar-refractivity contribution in [2.45, 2.75) is 37.4 Å². The van der Waals surface area contributed by atoms with Gasteiger partial charge in [0, 0.05) is 6.54 Å². The second-order valence-electron chi connectivity index (χ2n) is 3.77. The summed E-state index contributed by atoms with van der Waals surface area (Å²) in [5.41, 5.74) is 0. The lowest BCUT2D eigenvalue weighted by Gasteiger charge is -2.25. The van der Waals surface area contributed by atoms with Crippen LogP contribution in [0.25, 0.3) is 0 Å². The summed E-state index contributed by atoms with van der Waals surface area (Å²) in [6.07, 6.45) is -8.25. The van der Waals surface area contributed by atoms with Crippen molar-refractivity contribution in [3.8, 4) is 0 Å². The van der Waals surface area contributed by atoms with Gasteiger partial charge in [-0.2, -0.15) is 0 Å². The number of aliphatic hydroxyl groups is 6. The van der Waals surface area contributed by atoms with E-state index in [0.29, 0.717) is 0 Å². The third kappa shape index (κ3) is 5.39. The first-order chi connectivity index (χ1) is 7.81. The van der Waals surface area contributed by atoms with Gasteiger partial charge >= 0.3 is 0 Å². The van der Waals surface area contributed by atoms with Gasteiger partial charge in [-0.3, -0.25) is 4.79 Å². The van der Waals surface area contributed by atoms with Crippen molar-refractivity contribution in [3.63, 3.8) is 0 Å². The molecule has 1 unspecified atom stereocenters. The van der Waals surface area contributed by atoms with Crippen LogP contribution in [-0.2, 0) is 4.79 Å². The molecule has 0 aliphatic rings. The molecule has 0 aliphatic heterocycles. The molecule has 0 spiro atoms. The molecular formula is C9H19NO7. The highest BCUT2D eigenvalue weighted by Crippen LogP contribution is 2.05. The Labute approximate surface area is 98.1 Å². The van der Waals surface area contributed by atoms with Gasteiger partial charge < -0.3 is 36.0 Å². The zero-order chi connectivity index (χ0) is 13.6. The van der Waals surface area contributed by atoms with Crippen molar-refractivity contribution in [2.24, 2.45) is 0 Å². The minimum atomic E-state index is -1.97. The molecule has 0 aromatic rings. The highest BCUT2D eigenvalue weighted by Gasteiger charge is 2.33. The predicted octanol–water partition coefficient (Wildman–Crippen LogP) is -4.08. The number of carbonyl (C=O) groups excluding carboxylic acids is 1. The average molecular weight is 253 g/mol. The van der Waals surface area contributed by atoms with Crippen molar-refractivity contribution in [1.29, 1.82) is 0 Å². The fourth-order valence-corrected chi connectivity index (χ4v) is 1.03. The molecule has 0 aromatic heterocycles. The molecule has 0 saturated carbocycles. The topological polar surface area (TPSA) is 150 Å². The van der Waals surface area contributed by atoms with Gasteiger partial charge in [-0.05, 0) is 6.92 Å². The van der Waals surface area contributed by atoms with E-state index in [4.69, 9.17) is 15.3 Å². The Bertz CT molecular complexity index is 235. The van der Waals surface area contributed by atoms with Gasteiger partial charge in [0.15, 0.2) is 6.10 Å². The highest BCUT2D eigenvalue weighted by atomic mass is 16.4. The quantitative estimate of drug-likeness (QED) is 0.244. The largest absolute Gasteiger partial charge is 0.394 e. The summed E-state index contributed by atoms with van der Waals surface area (Å²) in [6.45, 7) is 0.467. The number of nitrogens with one attached hydrogen (secondary N) is 1. The van der Waals surface area contributed by atoms with E-state index in [1.807, 2.05) is 0 Å². The van der Waals surface area contributed by atoms with Crippen LogP contribution in [0.15, 0.2) is 0 Å². The van der Waals surface area contributed by atoms with Crippen LogP contribution in [0.1, 0.15) is 6.92 Å². The maximum Gasteiger partial charge on any atom is 0.251 e. The third-order valence-electron chi connectivity index (χ3n) is 2.10. The summed E-state index contributed by atoms with van der Waals surface area (Å²) < 4.78 is 0. The Kier molecular flexibility index (Phi) is 7.19. The fraction of sp³-hybridized carbons (Fsp3) is 0.889. The van der Waals surface area contributed by atoms with Gasteiger partial charge in [0.1, 0.15) is 18.3 Å². The normalized spacial score (nSPS) is 20.2. The first-order valence-corrected chi connectivity index (χ1v) is 5.10. The first kappa shape index (κ1) is 16.2. The zero-order valence-corrected chi connectivity index (χ0v) is 9.39. The Hall–Kier alpha value is -0.770. The molecule has 0 heterocycles. The van der Waals surface area contributed by atoms with Crippen molar-refractivity contribution in [3.05, 3.63) is 0 Å². The second-order valence-corrected chi connectivity index (χ2v) is 3.77. The second kappa shape index (κ2) is 7.54. The van der Waals surface area contributed by atoms with Gasteiger partial charge in [0.05, 0.1) is 12.7 Å². The van der Waals surface area contributed by atoms with Crippen LogP contribution >= 0.6 is 0 Å². The average Bonchev–Trinajstić information content (AvgIpc) is 2.31. The van der Waals surface area contributed by atoms with E-state index in [9.17, 15) is 20.1 Å². The lowest BCUT2D eigenvalue weighted by molar-refractivity contribution is -0.149. The molecule has 8 heteroatoms. The Morgan fingerprint density at radius 1 is 1.12 bits per heavy atom. The molecule has 0 aromatic carbocycles. The lowest BCUT2D eigenvalue weighted by atomic mass is 10.0. The van der Waals surface area contributed by atoms with Crippen LogP contribution in [0, 0.1) is 0 Å². The molecule has 17 heavy (non-hydrogen) atoms. The number of rotatable bonds is 7. The molecular weight excluding hydrogens is 234 g/mol. The maximum absolute atomic E-state index is 11.2. The molecule has 0 fully saturated rings. The zero-order valence-electron chi connectivity index (χ0n) is 9.39. The first-order valence-electron chi connectivity index (χ1n) is 5.10. The van der Waals surface area contributed by atoms with Crippen molar-refractivity contribution >= 4 is 5.91 Å². The van der Waals surface area contributed by atoms with Gasteiger partial charge in [-0.1, -0.05) is 0 Å². The standard InChI is InChI=1S/C9H19NO7/c1-4(12)2-10-9(17)8(16)7(15)6(14)5(13)3-11/h4-8,11-16H,2-3H2,1H3,(H,10,17)/t4?,5-,6-,7+,8-/m1/s1. The number of aliphatic hydroxyl groups excluding tert-OH is 6. The van der Waals surface area contributed by atoms with Crippen molar-refractivity contribution in [2.75, 3.05) is 13.2 Å². The molecule has 0 radical (unpaired) electrons. The van der Waals surface area contributed by atoms with Gasteiger partial charge in [0.25, 0.3) is 5.91 Å². The molecule has 0 bridgehead atoms. The number of carbonyl (C=O) groups is 1. The van der Waals surface area contributed by atoms with E-state index in [-0.39, 0.29) is 6.54 Å². The van der Waals surface area contributed by atoms with Gasteiger partial charge in [0.2, 0.25) is 0 Å². The Balaban J connectivity index is 4.28. The minimum Gasteiger partial charge on any atom is -0.394 e. The monoisotopic (exact) mass is 253 g/mol.